The molecule has 1 aromatic heterocycles. The number of carboxylic acids is 1. The summed E-state index contributed by atoms with van der Waals surface area (Å²) in [5, 5.41) is 13.2. The Morgan fingerprint density at radius 1 is 1.32 bits per heavy atom. The summed E-state index contributed by atoms with van der Waals surface area (Å²) >= 11 is 17.5. The highest BCUT2D eigenvalue weighted by Crippen LogP contribution is 2.31. The van der Waals surface area contributed by atoms with Crippen LogP contribution in [-0.4, -0.2) is 20.9 Å². The molecule has 2 rings (SSSR count). The van der Waals surface area contributed by atoms with Gasteiger partial charge in [0, 0.05) is 6.20 Å². The lowest BCUT2D eigenvalue weighted by Crippen LogP contribution is -2.07. The van der Waals surface area contributed by atoms with E-state index in [0.29, 0.717) is 10.8 Å². The highest BCUT2D eigenvalue weighted by Gasteiger charge is 2.14. The molecule has 0 amide bonds. The minimum atomic E-state index is -1.20. The number of carboxylic acid groups (broad SMARTS) is 1. The normalized spacial score (nSPS) is 10.5. The van der Waals surface area contributed by atoms with Crippen molar-refractivity contribution >= 4 is 40.8 Å². The first-order chi connectivity index (χ1) is 8.99. The molecule has 1 heterocycles. The Bertz CT molecular complexity index is 628. The molecule has 0 saturated heterocycles. The zero-order chi connectivity index (χ0) is 14.0. The number of aromatic carboxylic acids is 1. The molecule has 2 aromatic rings. The molecule has 1 aromatic carbocycles. The van der Waals surface area contributed by atoms with Crippen molar-refractivity contribution in [1.82, 2.24) is 9.78 Å². The highest BCUT2D eigenvalue weighted by atomic mass is 35.5. The van der Waals surface area contributed by atoms with Crippen LogP contribution in [0.1, 0.15) is 10.5 Å². The van der Waals surface area contributed by atoms with Crippen molar-refractivity contribution < 1.29 is 14.6 Å². The molecule has 8 heteroatoms. The van der Waals surface area contributed by atoms with Gasteiger partial charge in [-0.3, -0.25) is 0 Å². The van der Waals surface area contributed by atoms with Gasteiger partial charge in [0.15, 0.2) is 12.4 Å². The second-order valence-corrected chi connectivity index (χ2v) is 4.69. The SMILES string of the molecule is O=C(O)c1nn(COc2cccc(Cl)c2Cl)cc1Cl. The number of benzene rings is 1. The molecular formula is C11H7Cl3N2O3. The van der Waals surface area contributed by atoms with Gasteiger partial charge in [-0.25, -0.2) is 9.48 Å². The Hall–Kier alpha value is -1.43. The summed E-state index contributed by atoms with van der Waals surface area (Å²) < 4.78 is 6.64. The molecule has 100 valence electrons. The van der Waals surface area contributed by atoms with E-state index in [0.717, 1.165) is 0 Å². The van der Waals surface area contributed by atoms with Gasteiger partial charge in [0.25, 0.3) is 0 Å². The van der Waals surface area contributed by atoms with Crippen molar-refractivity contribution in [2.45, 2.75) is 6.73 Å². The van der Waals surface area contributed by atoms with Crippen molar-refractivity contribution in [3.63, 3.8) is 0 Å². The van der Waals surface area contributed by atoms with Crippen LogP contribution in [0.3, 0.4) is 0 Å². The fraction of sp³-hybridized carbons (Fsp3) is 0.0909. The molecular weight excluding hydrogens is 314 g/mol. The molecule has 5 nitrogen and oxygen atoms in total. The van der Waals surface area contributed by atoms with Crippen molar-refractivity contribution in [3.05, 3.63) is 45.2 Å². The number of rotatable bonds is 4. The Kier molecular flexibility index (Phi) is 4.19. The van der Waals surface area contributed by atoms with Crippen LogP contribution in [0.15, 0.2) is 24.4 Å². The summed E-state index contributed by atoms with van der Waals surface area (Å²) in [5.41, 5.74) is -0.234. The Morgan fingerprint density at radius 3 is 2.68 bits per heavy atom. The lowest BCUT2D eigenvalue weighted by Gasteiger charge is -2.08. The molecule has 0 aliphatic carbocycles. The Morgan fingerprint density at radius 2 is 2.05 bits per heavy atom. The molecule has 0 atom stereocenters. The summed E-state index contributed by atoms with van der Waals surface area (Å²) in [6, 6.07) is 4.95. The number of carbonyl (C=O) groups is 1. The largest absolute Gasteiger partial charge is 0.476 e. The predicted molar refractivity (Wildman–Crippen MR) is 71.3 cm³/mol. The number of hydrogen-bond acceptors (Lipinski definition) is 3. The van der Waals surface area contributed by atoms with E-state index in [2.05, 4.69) is 5.10 Å². The molecule has 0 unspecified atom stereocenters. The maximum atomic E-state index is 10.8. The third-order valence-corrected chi connectivity index (χ3v) is 3.27. The van der Waals surface area contributed by atoms with E-state index in [-0.39, 0.29) is 22.5 Å². The van der Waals surface area contributed by atoms with E-state index in [1.165, 1.54) is 10.9 Å². The number of aromatic nitrogens is 2. The fourth-order valence-electron chi connectivity index (χ4n) is 1.34. The Labute approximate surface area is 123 Å². The average Bonchev–Trinajstić information content (AvgIpc) is 2.73. The molecule has 0 radical (unpaired) electrons. The molecule has 0 saturated carbocycles. The first-order valence-electron chi connectivity index (χ1n) is 5.02. The first-order valence-corrected chi connectivity index (χ1v) is 6.15. The maximum absolute atomic E-state index is 10.8. The molecule has 0 bridgehead atoms. The summed E-state index contributed by atoms with van der Waals surface area (Å²) in [5.74, 6) is -0.831. The monoisotopic (exact) mass is 320 g/mol. The second-order valence-electron chi connectivity index (χ2n) is 3.50. The third-order valence-electron chi connectivity index (χ3n) is 2.19. The number of halogens is 3. The molecule has 0 spiro atoms. The zero-order valence-corrected chi connectivity index (χ0v) is 11.6. The van der Waals surface area contributed by atoms with Crippen LogP contribution >= 0.6 is 34.8 Å². The molecule has 1 N–H and O–H groups in total. The van der Waals surface area contributed by atoms with E-state index in [4.69, 9.17) is 44.6 Å². The molecule has 0 fully saturated rings. The molecule has 19 heavy (non-hydrogen) atoms. The van der Waals surface area contributed by atoms with E-state index in [1.807, 2.05) is 0 Å². The summed E-state index contributed by atoms with van der Waals surface area (Å²) in [7, 11) is 0. The average molecular weight is 322 g/mol. The smallest absolute Gasteiger partial charge is 0.357 e. The van der Waals surface area contributed by atoms with Crippen molar-refractivity contribution in [3.8, 4) is 5.75 Å². The lowest BCUT2D eigenvalue weighted by molar-refractivity contribution is 0.0688. The van der Waals surface area contributed by atoms with Crippen LogP contribution in [0.2, 0.25) is 15.1 Å². The molecule has 0 aliphatic rings. The topological polar surface area (TPSA) is 64.3 Å². The molecule has 0 aliphatic heterocycles. The van der Waals surface area contributed by atoms with Gasteiger partial charge in [-0.15, -0.1) is 0 Å². The first kappa shape index (κ1) is 14.0. The van der Waals surface area contributed by atoms with E-state index in [1.54, 1.807) is 18.2 Å². The summed E-state index contributed by atoms with van der Waals surface area (Å²) in [6.45, 7) is -0.0347. The quantitative estimate of drug-likeness (QED) is 0.935. The van der Waals surface area contributed by atoms with Gasteiger partial charge in [0.1, 0.15) is 10.8 Å². The van der Waals surface area contributed by atoms with Gasteiger partial charge in [-0.2, -0.15) is 5.10 Å². The van der Waals surface area contributed by atoms with Crippen LogP contribution in [0.4, 0.5) is 0 Å². The van der Waals surface area contributed by atoms with Gasteiger partial charge in [0.05, 0.1) is 10.0 Å². The van der Waals surface area contributed by atoms with Crippen LogP contribution in [-0.2, 0) is 6.73 Å². The number of nitrogens with zero attached hydrogens (tertiary/aromatic N) is 2. The van der Waals surface area contributed by atoms with Gasteiger partial charge in [-0.1, -0.05) is 40.9 Å². The summed E-state index contributed by atoms with van der Waals surface area (Å²) in [4.78, 5) is 10.8. The van der Waals surface area contributed by atoms with Gasteiger partial charge < -0.3 is 9.84 Å². The lowest BCUT2D eigenvalue weighted by atomic mass is 10.3. The Balaban J connectivity index is 2.13. The van der Waals surface area contributed by atoms with Gasteiger partial charge in [-0.05, 0) is 12.1 Å². The van der Waals surface area contributed by atoms with E-state index < -0.39 is 5.97 Å². The van der Waals surface area contributed by atoms with Crippen LogP contribution in [0, 0.1) is 0 Å². The van der Waals surface area contributed by atoms with Gasteiger partial charge >= 0.3 is 5.97 Å². The van der Waals surface area contributed by atoms with E-state index >= 15 is 0 Å². The number of ether oxygens (including phenoxy) is 1. The third kappa shape index (κ3) is 3.12. The van der Waals surface area contributed by atoms with Crippen LogP contribution < -0.4 is 4.74 Å². The fourth-order valence-corrected chi connectivity index (χ4v) is 1.92. The van der Waals surface area contributed by atoms with Crippen LogP contribution in [0.25, 0.3) is 0 Å². The highest BCUT2D eigenvalue weighted by molar-refractivity contribution is 6.42. The van der Waals surface area contributed by atoms with Crippen LogP contribution in [0.5, 0.6) is 5.75 Å². The standard InChI is InChI=1S/C11H7Cl3N2O3/c12-6-2-1-3-8(9(6)14)19-5-16-4-7(13)10(15-16)11(17)18/h1-4H,5H2,(H,17,18). The minimum absolute atomic E-state index is 0.0347. The second kappa shape index (κ2) is 5.69. The van der Waals surface area contributed by atoms with Crippen molar-refractivity contribution in [2.75, 3.05) is 0 Å². The number of hydrogen-bond donors (Lipinski definition) is 1. The van der Waals surface area contributed by atoms with Gasteiger partial charge in [0.2, 0.25) is 0 Å². The van der Waals surface area contributed by atoms with Crippen molar-refractivity contribution in [2.24, 2.45) is 0 Å². The predicted octanol–water partition coefficient (Wildman–Crippen LogP) is 3.58. The summed E-state index contributed by atoms with van der Waals surface area (Å²) in [6.07, 6.45) is 1.35. The van der Waals surface area contributed by atoms with E-state index in [9.17, 15) is 4.79 Å². The van der Waals surface area contributed by atoms with Crippen molar-refractivity contribution in [1.29, 1.82) is 0 Å². The zero-order valence-electron chi connectivity index (χ0n) is 9.31. The minimum Gasteiger partial charge on any atom is -0.476 e. The maximum Gasteiger partial charge on any atom is 0.357 e.